The van der Waals surface area contributed by atoms with Crippen LogP contribution in [0.15, 0.2) is 24.3 Å². The topological polar surface area (TPSA) is 104 Å². The van der Waals surface area contributed by atoms with E-state index in [4.69, 9.17) is 14.9 Å². The lowest BCUT2D eigenvalue weighted by molar-refractivity contribution is -0.137. The van der Waals surface area contributed by atoms with Gasteiger partial charge >= 0.3 is 13.8 Å². The van der Waals surface area contributed by atoms with Gasteiger partial charge in [0.2, 0.25) is 0 Å². The van der Waals surface area contributed by atoms with E-state index in [-0.39, 0.29) is 0 Å². The number of fused-ring (bicyclic) bond motifs is 4. The Labute approximate surface area is 142 Å². The molecule has 0 aliphatic heterocycles. The lowest BCUT2D eigenvalue weighted by Gasteiger charge is -2.01. The largest absolute Gasteiger partial charge is 0.481 e. The van der Waals surface area contributed by atoms with Crippen LogP contribution in [0, 0.1) is 23.7 Å². The third-order valence-electron chi connectivity index (χ3n) is 4.91. The van der Waals surface area contributed by atoms with Gasteiger partial charge in [-0.3, -0.25) is 9.32 Å². The van der Waals surface area contributed by atoms with E-state index in [1.807, 2.05) is 0 Å². The summed E-state index contributed by atoms with van der Waals surface area (Å²) in [5, 5.41) is 7.98. The van der Waals surface area contributed by atoms with Crippen molar-refractivity contribution in [1.29, 1.82) is 0 Å². The molecule has 2 fully saturated rings. The summed E-state index contributed by atoms with van der Waals surface area (Å²) in [4.78, 5) is 25.8. The maximum Gasteiger partial charge on any atom is 0.469 e. The van der Waals surface area contributed by atoms with Crippen LogP contribution in [0.5, 0.6) is 0 Å². The maximum atomic E-state index is 9.89. The van der Waals surface area contributed by atoms with Crippen molar-refractivity contribution in [1.82, 2.24) is 0 Å². The molecule has 4 bridgehead atoms. The highest BCUT2D eigenvalue weighted by Gasteiger charge is 2.26. The van der Waals surface area contributed by atoms with Gasteiger partial charge in [0.25, 0.3) is 0 Å². The predicted molar refractivity (Wildman–Crippen MR) is 90.2 cm³/mol. The Bertz CT molecular complexity index is 471. The molecular weight excluding hydrogens is 331 g/mol. The van der Waals surface area contributed by atoms with Crippen LogP contribution < -0.4 is 0 Å². The van der Waals surface area contributed by atoms with Crippen molar-refractivity contribution in [3.63, 3.8) is 0 Å². The van der Waals surface area contributed by atoms with E-state index >= 15 is 0 Å². The number of allylic oxidation sites excluding steroid dienone is 4. The summed E-state index contributed by atoms with van der Waals surface area (Å²) in [5.41, 5.74) is 0. The summed E-state index contributed by atoms with van der Waals surface area (Å²) in [6.07, 6.45) is 18.0. The van der Waals surface area contributed by atoms with Crippen LogP contribution in [0.3, 0.4) is 0 Å². The van der Waals surface area contributed by atoms with E-state index in [2.05, 4.69) is 28.8 Å². The zero-order valence-electron chi connectivity index (χ0n) is 13.8. The van der Waals surface area contributed by atoms with Crippen molar-refractivity contribution < 1.29 is 28.8 Å². The monoisotopic (exact) mass is 358 g/mol. The predicted octanol–water partition coefficient (Wildman–Crippen LogP) is 3.52. The molecule has 7 heteroatoms. The Morgan fingerprint density at radius 1 is 0.917 bits per heavy atom. The summed E-state index contributed by atoms with van der Waals surface area (Å²) >= 11 is 0. The Morgan fingerprint density at radius 2 is 1.29 bits per heavy atom. The average Bonchev–Trinajstić information content (AvgIpc) is 3.29. The first-order chi connectivity index (χ1) is 11.3. The van der Waals surface area contributed by atoms with Crippen molar-refractivity contribution in [3.05, 3.63) is 24.3 Å². The number of carboxylic acids is 1. The van der Waals surface area contributed by atoms with Crippen LogP contribution in [-0.2, 0) is 13.9 Å². The fraction of sp³-hybridized carbons (Fsp3) is 0.706. The number of carboxylic acid groups (broad SMARTS) is 1. The molecule has 4 atom stereocenters. The minimum absolute atomic E-state index is 0.412. The van der Waals surface area contributed by atoms with Gasteiger partial charge < -0.3 is 14.9 Å². The van der Waals surface area contributed by atoms with Crippen LogP contribution in [0.2, 0.25) is 0 Å². The lowest BCUT2D eigenvalue weighted by atomic mass is 10.1. The van der Waals surface area contributed by atoms with Crippen molar-refractivity contribution in [2.24, 2.45) is 23.7 Å². The molecule has 4 aliphatic carbocycles. The molecule has 0 heterocycles. The van der Waals surface area contributed by atoms with E-state index in [0.717, 1.165) is 23.7 Å². The van der Waals surface area contributed by atoms with Gasteiger partial charge in [-0.1, -0.05) is 24.3 Å². The summed E-state index contributed by atoms with van der Waals surface area (Å²) in [5.74, 6) is 2.80. The third-order valence-corrected chi connectivity index (χ3v) is 5.43. The normalized spacial score (nSPS) is 31.4. The summed E-state index contributed by atoms with van der Waals surface area (Å²) < 4.78 is 13.7. The molecular formula is C17H27O6P. The first-order valence-electron chi connectivity index (χ1n) is 8.60. The smallest absolute Gasteiger partial charge is 0.469 e. The van der Waals surface area contributed by atoms with Crippen LogP contribution in [-0.4, -0.2) is 27.5 Å². The lowest BCUT2D eigenvalue weighted by Crippen LogP contribution is -2.00. The second kappa shape index (κ2) is 8.95. The van der Waals surface area contributed by atoms with Crippen molar-refractivity contribution >= 4 is 13.8 Å². The van der Waals surface area contributed by atoms with Crippen molar-refractivity contribution in [2.45, 2.75) is 44.9 Å². The minimum Gasteiger partial charge on any atom is -0.481 e. The number of hydrogen-bond acceptors (Lipinski definition) is 3. The van der Waals surface area contributed by atoms with Gasteiger partial charge in [0.1, 0.15) is 0 Å². The second-order valence-corrected chi connectivity index (χ2v) is 8.14. The summed E-state index contributed by atoms with van der Waals surface area (Å²) in [7, 11) is -4.49. The molecule has 6 nitrogen and oxygen atoms in total. The molecule has 4 rings (SSSR count). The summed E-state index contributed by atoms with van der Waals surface area (Å²) in [6.45, 7) is -0.473. The fourth-order valence-corrected chi connectivity index (χ4v) is 4.01. The Morgan fingerprint density at radius 3 is 1.46 bits per heavy atom. The van der Waals surface area contributed by atoms with Crippen LogP contribution in [0.4, 0.5) is 0 Å². The quantitative estimate of drug-likeness (QED) is 0.525. The number of carbonyl (C=O) groups is 1. The van der Waals surface area contributed by atoms with Gasteiger partial charge in [-0.15, -0.1) is 0 Å². The molecule has 0 spiro atoms. The minimum atomic E-state index is -4.49. The van der Waals surface area contributed by atoms with Crippen molar-refractivity contribution in [2.75, 3.05) is 6.61 Å². The van der Waals surface area contributed by atoms with Crippen LogP contribution in [0.1, 0.15) is 44.9 Å². The molecule has 24 heavy (non-hydrogen) atoms. The van der Waals surface area contributed by atoms with E-state index in [9.17, 15) is 9.36 Å². The molecule has 3 N–H and O–H groups in total. The van der Waals surface area contributed by atoms with Crippen LogP contribution >= 0.6 is 7.82 Å². The summed E-state index contributed by atoms with van der Waals surface area (Å²) in [6, 6.07) is 0. The maximum absolute atomic E-state index is 9.89. The molecule has 4 aliphatic rings. The fourth-order valence-electron chi connectivity index (χ4n) is 3.69. The number of rotatable bonds is 4. The van der Waals surface area contributed by atoms with E-state index in [1.165, 1.54) is 38.5 Å². The molecule has 136 valence electrons. The van der Waals surface area contributed by atoms with Crippen molar-refractivity contribution in [3.8, 4) is 0 Å². The highest BCUT2D eigenvalue weighted by atomic mass is 31.2. The Kier molecular flexibility index (Phi) is 7.23. The molecule has 0 aromatic rings. The molecule has 0 saturated heterocycles. The number of phosphoric ester groups is 1. The third kappa shape index (κ3) is 7.31. The zero-order valence-corrected chi connectivity index (χ0v) is 14.7. The molecule has 2 saturated carbocycles. The van der Waals surface area contributed by atoms with Gasteiger partial charge in [-0.25, -0.2) is 4.57 Å². The highest BCUT2D eigenvalue weighted by Crippen LogP contribution is 2.39. The molecule has 0 aromatic carbocycles. The molecule has 0 amide bonds. The number of phosphoric acid groups is 1. The number of hydrogen-bond donors (Lipinski definition) is 3. The first kappa shape index (κ1) is 19.4. The molecule has 0 aromatic heterocycles. The Hall–Kier alpha value is -0.940. The van der Waals surface area contributed by atoms with Crippen LogP contribution in [0.25, 0.3) is 0 Å². The SMILES string of the molecule is C1=CC2CCC1C2.C1=CC2CCC1C2.O=C(O)CCOP(=O)(O)O. The van der Waals surface area contributed by atoms with E-state index in [1.54, 1.807) is 0 Å². The molecule has 4 unspecified atom stereocenters. The standard InChI is InChI=1S/2C7H10.C3H7O6P/c2*1-2-7-4-3-6(1)5-7;4-3(5)1-2-9-10(6,7)8/h2*1-2,6-7H,3-5H2;1-2H2,(H,4,5)(H2,6,7,8). The van der Waals surface area contributed by atoms with Gasteiger partial charge in [-0.05, 0) is 62.2 Å². The van der Waals surface area contributed by atoms with E-state index in [0.29, 0.717) is 0 Å². The van der Waals surface area contributed by atoms with Gasteiger partial charge in [-0.2, -0.15) is 0 Å². The zero-order chi connectivity index (χ0) is 17.6. The molecule has 0 radical (unpaired) electrons. The highest BCUT2D eigenvalue weighted by molar-refractivity contribution is 7.46. The Balaban J connectivity index is 0.000000132. The van der Waals surface area contributed by atoms with Gasteiger partial charge in [0.05, 0.1) is 13.0 Å². The number of aliphatic carboxylic acids is 1. The second-order valence-electron chi connectivity index (χ2n) is 6.90. The van der Waals surface area contributed by atoms with E-state index < -0.39 is 26.8 Å². The average molecular weight is 358 g/mol. The van der Waals surface area contributed by atoms with Gasteiger partial charge in [0, 0.05) is 0 Å². The first-order valence-corrected chi connectivity index (χ1v) is 10.1. The van der Waals surface area contributed by atoms with Gasteiger partial charge in [0.15, 0.2) is 0 Å².